The van der Waals surface area contributed by atoms with Crippen LogP contribution in [0.1, 0.15) is 48.7 Å². The average Bonchev–Trinajstić information content (AvgIpc) is 2.98. The van der Waals surface area contributed by atoms with E-state index in [0.717, 1.165) is 12.1 Å². The Morgan fingerprint density at radius 2 is 2.21 bits per heavy atom. The van der Waals surface area contributed by atoms with E-state index in [1.807, 2.05) is 29.7 Å². The van der Waals surface area contributed by atoms with Crippen LogP contribution in [-0.4, -0.2) is 29.8 Å². The van der Waals surface area contributed by atoms with Gasteiger partial charge >= 0.3 is 0 Å². The van der Waals surface area contributed by atoms with Crippen LogP contribution in [0.3, 0.4) is 0 Å². The minimum Gasteiger partial charge on any atom is -0.384 e. The lowest BCUT2D eigenvalue weighted by atomic mass is 9.78. The van der Waals surface area contributed by atoms with Crippen molar-refractivity contribution in [2.45, 2.75) is 45.0 Å². The normalized spacial score (nSPS) is 22.2. The summed E-state index contributed by atoms with van der Waals surface area (Å²) in [6.07, 6.45) is 6.89. The van der Waals surface area contributed by atoms with Gasteiger partial charge in [-0.2, -0.15) is 0 Å². The lowest BCUT2D eigenvalue weighted by Gasteiger charge is -2.32. The summed E-state index contributed by atoms with van der Waals surface area (Å²) < 4.78 is 34.6. The van der Waals surface area contributed by atoms with Gasteiger partial charge < -0.3 is 9.14 Å². The van der Waals surface area contributed by atoms with Gasteiger partial charge in [0.15, 0.2) is 5.78 Å². The van der Waals surface area contributed by atoms with Crippen molar-refractivity contribution in [3.8, 4) is 0 Å². The molecule has 28 heavy (non-hydrogen) atoms. The predicted octanol–water partition coefficient (Wildman–Crippen LogP) is 5.98. The first-order valence-corrected chi connectivity index (χ1v) is 10.0. The van der Waals surface area contributed by atoms with Gasteiger partial charge in [0, 0.05) is 43.8 Å². The number of alkyl halides is 2. The maximum Gasteiger partial charge on any atom is 0.248 e. The van der Waals surface area contributed by atoms with Crippen LogP contribution in [0.15, 0.2) is 36.5 Å². The van der Waals surface area contributed by atoms with Crippen molar-refractivity contribution in [3.63, 3.8) is 0 Å². The second-order valence-corrected chi connectivity index (χ2v) is 8.25. The molecule has 0 aromatic carbocycles. The van der Waals surface area contributed by atoms with Crippen LogP contribution in [0.25, 0.3) is 5.52 Å². The van der Waals surface area contributed by atoms with Crippen molar-refractivity contribution in [3.05, 3.63) is 52.8 Å². The largest absolute Gasteiger partial charge is 0.384 e. The summed E-state index contributed by atoms with van der Waals surface area (Å²) in [6, 6.07) is 5.42. The molecular weight excluding hydrogens is 384 g/mol. The standard InChI is InChI=1S/C22H26ClF2NO2/c1-15-11-16(14-22(24,25)13-15)5-3-7-20(27)18-12-17(8-10-28-2)26-9-4-6-19(23)21(18)26/h3-4,6-7,9,12,15-16H,5,8,10-11,13-14H2,1-2H3/b7-3+. The third kappa shape index (κ3) is 4.81. The molecule has 0 amide bonds. The van der Waals surface area contributed by atoms with E-state index < -0.39 is 5.92 Å². The molecule has 0 N–H and O–H groups in total. The molecule has 0 saturated heterocycles. The highest BCUT2D eigenvalue weighted by Gasteiger charge is 2.39. The molecule has 2 aromatic heterocycles. The fourth-order valence-corrected chi connectivity index (χ4v) is 4.53. The highest BCUT2D eigenvalue weighted by Crippen LogP contribution is 2.41. The van der Waals surface area contributed by atoms with E-state index in [1.165, 1.54) is 6.08 Å². The molecule has 0 radical (unpaired) electrons. The van der Waals surface area contributed by atoms with Crippen molar-refractivity contribution in [1.29, 1.82) is 0 Å². The summed E-state index contributed by atoms with van der Waals surface area (Å²) in [5.41, 5.74) is 2.13. The van der Waals surface area contributed by atoms with Crippen molar-refractivity contribution in [1.82, 2.24) is 4.40 Å². The minimum atomic E-state index is -2.59. The predicted molar refractivity (Wildman–Crippen MR) is 108 cm³/mol. The second kappa shape index (κ2) is 8.75. The van der Waals surface area contributed by atoms with E-state index in [9.17, 15) is 13.6 Å². The molecule has 1 fully saturated rings. The van der Waals surface area contributed by atoms with Gasteiger partial charge in [0.2, 0.25) is 5.92 Å². The summed E-state index contributed by atoms with van der Waals surface area (Å²) in [6.45, 7) is 2.40. The number of ether oxygens (including phenoxy) is 1. The van der Waals surface area contributed by atoms with Crippen molar-refractivity contribution < 1.29 is 18.3 Å². The first-order valence-electron chi connectivity index (χ1n) is 9.67. The number of rotatable bonds is 7. The molecule has 2 atom stereocenters. The monoisotopic (exact) mass is 409 g/mol. The minimum absolute atomic E-state index is 0.00965. The molecule has 0 aliphatic heterocycles. The van der Waals surface area contributed by atoms with Crippen LogP contribution in [0.4, 0.5) is 8.78 Å². The van der Waals surface area contributed by atoms with E-state index in [1.54, 1.807) is 19.3 Å². The molecule has 1 saturated carbocycles. The van der Waals surface area contributed by atoms with E-state index in [2.05, 4.69) is 0 Å². The Balaban J connectivity index is 1.77. The molecule has 3 rings (SSSR count). The van der Waals surface area contributed by atoms with Crippen LogP contribution in [-0.2, 0) is 11.2 Å². The van der Waals surface area contributed by atoms with Crippen LogP contribution in [0.5, 0.6) is 0 Å². The summed E-state index contributed by atoms with van der Waals surface area (Å²) >= 11 is 6.35. The molecule has 2 aromatic rings. The SMILES string of the molecule is COCCc1cc(C(=O)/C=C/CC2CC(C)CC(F)(F)C2)c2c(Cl)cccn12. The average molecular weight is 410 g/mol. The number of hydrogen-bond acceptors (Lipinski definition) is 2. The lowest BCUT2D eigenvalue weighted by molar-refractivity contribution is -0.0686. The van der Waals surface area contributed by atoms with Crippen molar-refractivity contribution in [2.75, 3.05) is 13.7 Å². The number of hydrogen-bond donors (Lipinski definition) is 0. The highest BCUT2D eigenvalue weighted by atomic mass is 35.5. The maximum absolute atomic E-state index is 13.8. The summed E-state index contributed by atoms with van der Waals surface area (Å²) in [5, 5.41) is 0.503. The summed E-state index contributed by atoms with van der Waals surface area (Å²) in [7, 11) is 1.63. The zero-order chi connectivity index (χ0) is 20.3. The summed E-state index contributed by atoms with van der Waals surface area (Å²) in [4.78, 5) is 12.8. The third-order valence-corrected chi connectivity index (χ3v) is 5.66. The zero-order valence-electron chi connectivity index (χ0n) is 16.3. The van der Waals surface area contributed by atoms with Crippen LogP contribution in [0, 0.1) is 11.8 Å². The molecule has 0 bridgehead atoms. The van der Waals surface area contributed by atoms with Crippen molar-refractivity contribution >= 4 is 22.9 Å². The Morgan fingerprint density at radius 3 is 2.93 bits per heavy atom. The number of halogens is 3. The van der Waals surface area contributed by atoms with E-state index in [0.29, 0.717) is 35.6 Å². The lowest BCUT2D eigenvalue weighted by Crippen LogP contribution is -2.30. The molecule has 1 aliphatic carbocycles. The molecule has 2 unspecified atom stereocenters. The number of aromatic nitrogens is 1. The van der Waals surface area contributed by atoms with Gasteiger partial charge in [0.25, 0.3) is 0 Å². The van der Waals surface area contributed by atoms with Crippen LogP contribution >= 0.6 is 11.6 Å². The molecule has 2 heterocycles. The number of carbonyl (C=O) groups is 1. The fraction of sp³-hybridized carbons (Fsp3) is 0.500. The first kappa shape index (κ1) is 21.0. The van der Waals surface area contributed by atoms with Gasteiger partial charge in [0.05, 0.1) is 17.1 Å². The Bertz CT molecular complexity index is 875. The van der Waals surface area contributed by atoms with E-state index >= 15 is 0 Å². The maximum atomic E-state index is 13.8. The van der Waals surface area contributed by atoms with Gasteiger partial charge in [0.1, 0.15) is 0 Å². The fourth-order valence-electron chi connectivity index (χ4n) is 4.26. The quantitative estimate of drug-likeness (QED) is 0.416. The molecule has 3 nitrogen and oxygen atoms in total. The van der Waals surface area contributed by atoms with Gasteiger partial charge in [-0.05, 0) is 49.0 Å². The molecule has 6 heteroatoms. The number of ketones is 1. The number of methoxy groups -OCH3 is 1. The Hall–Kier alpha value is -1.72. The van der Waals surface area contributed by atoms with Gasteiger partial charge in [-0.1, -0.05) is 24.6 Å². The van der Waals surface area contributed by atoms with E-state index in [-0.39, 0.29) is 30.5 Å². The molecule has 152 valence electrons. The van der Waals surface area contributed by atoms with Crippen LogP contribution < -0.4 is 0 Å². The molecular formula is C22H26ClF2NO2. The number of allylic oxidation sites excluding steroid dienone is 2. The smallest absolute Gasteiger partial charge is 0.248 e. The summed E-state index contributed by atoms with van der Waals surface area (Å²) in [5.74, 6) is -2.84. The first-order chi connectivity index (χ1) is 13.3. The highest BCUT2D eigenvalue weighted by molar-refractivity contribution is 6.35. The van der Waals surface area contributed by atoms with E-state index in [4.69, 9.17) is 16.3 Å². The molecule has 0 spiro atoms. The second-order valence-electron chi connectivity index (χ2n) is 7.84. The van der Waals surface area contributed by atoms with Gasteiger partial charge in [-0.3, -0.25) is 4.79 Å². The van der Waals surface area contributed by atoms with Gasteiger partial charge in [-0.15, -0.1) is 0 Å². The number of pyridine rings is 1. The number of nitrogens with zero attached hydrogens (tertiary/aromatic N) is 1. The van der Waals surface area contributed by atoms with Gasteiger partial charge in [-0.25, -0.2) is 8.78 Å². The Labute approximate surface area is 169 Å². The van der Waals surface area contributed by atoms with Crippen molar-refractivity contribution in [2.24, 2.45) is 11.8 Å². The Morgan fingerprint density at radius 1 is 1.43 bits per heavy atom. The zero-order valence-corrected chi connectivity index (χ0v) is 17.0. The number of fused-ring (bicyclic) bond motifs is 1. The topological polar surface area (TPSA) is 30.7 Å². The number of carbonyl (C=O) groups excluding carboxylic acids is 1. The Kier molecular flexibility index (Phi) is 6.56. The molecule has 1 aliphatic rings. The van der Waals surface area contributed by atoms with Crippen LogP contribution in [0.2, 0.25) is 5.02 Å². The third-order valence-electron chi connectivity index (χ3n) is 5.36.